The molecular weight excluding hydrogens is 296 g/mol. The molecule has 1 aliphatic heterocycles. The minimum absolute atomic E-state index is 0.114. The molecule has 2 aromatic rings. The van der Waals surface area contributed by atoms with Crippen LogP contribution in [0.4, 0.5) is 0 Å². The van der Waals surface area contributed by atoms with Gasteiger partial charge in [0.1, 0.15) is 5.69 Å². The highest BCUT2D eigenvalue weighted by atomic mass is 16.4. The first-order valence-electron chi connectivity index (χ1n) is 7.84. The quantitative estimate of drug-likeness (QED) is 0.897. The van der Waals surface area contributed by atoms with E-state index in [1.807, 2.05) is 14.0 Å². The van der Waals surface area contributed by atoms with Crippen molar-refractivity contribution in [2.75, 3.05) is 13.1 Å². The first-order chi connectivity index (χ1) is 11.0. The van der Waals surface area contributed by atoms with Crippen LogP contribution in [0.2, 0.25) is 0 Å². The second-order valence-corrected chi connectivity index (χ2v) is 6.06. The molecule has 0 aromatic carbocycles. The minimum atomic E-state index is -0.116. The van der Waals surface area contributed by atoms with Crippen LogP contribution < -0.4 is 5.32 Å². The molecule has 1 aliphatic rings. The zero-order valence-corrected chi connectivity index (χ0v) is 13.7. The number of nitrogens with one attached hydrogen (secondary N) is 1. The molecule has 1 N–H and O–H groups in total. The highest BCUT2D eigenvalue weighted by Crippen LogP contribution is 2.14. The van der Waals surface area contributed by atoms with Gasteiger partial charge in [-0.3, -0.25) is 14.4 Å². The Kier molecular flexibility index (Phi) is 4.42. The maximum atomic E-state index is 12.3. The van der Waals surface area contributed by atoms with Crippen LogP contribution in [0.1, 0.15) is 40.8 Å². The molecule has 1 fully saturated rings. The number of nitrogens with zero attached hydrogens (tertiary/aromatic N) is 5. The zero-order chi connectivity index (χ0) is 16.4. The molecule has 0 bridgehead atoms. The Bertz CT molecular complexity index is 672. The van der Waals surface area contributed by atoms with Gasteiger partial charge in [0.05, 0.1) is 6.54 Å². The maximum Gasteiger partial charge on any atom is 0.272 e. The smallest absolute Gasteiger partial charge is 0.272 e. The molecule has 0 radical (unpaired) electrons. The third kappa shape index (κ3) is 3.76. The van der Waals surface area contributed by atoms with Gasteiger partial charge in [-0.25, -0.2) is 0 Å². The number of aromatic nitrogens is 4. The number of rotatable bonds is 4. The van der Waals surface area contributed by atoms with E-state index in [4.69, 9.17) is 4.42 Å². The number of carbonyl (C=O) groups excluding carboxylic acids is 1. The fourth-order valence-corrected chi connectivity index (χ4v) is 2.84. The lowest BCUT2D eigenvalue weighted by atomic mass is 10.1. The Labute approximate surface area is 134 Å². The van der Waals surface area contributed by atoms with Gasteiger partial charge in [0.25, 0.3) is 5.91 Å². The molecule has 23 heavy (non-hydrogen) atoms. The van der Waals surface area contributed by atoms with Crippen LogP contribution in [-0.4, -0.2) is 49.9 Å². The summed E-state index contributed by atoms with van der Waals surface area (Å²) in [6.07, 6.45) is 2.00. The number of hydrogen-bond acceptors (Lipinski definition) is 6. The Hall–Kier alpha value is -2.22. The van der Waals surface area contributed by atoms with Crippen molar-refractivity contribution >= 4 is 5.91 Å². The predicted octanol–water partition coefficient (Wildman–Crippen LogP) is 0.814. The summed E-state index contributed by atoms with van der Waals surface area (Å²) in [5, 5.41) is 15.2. The Morgan fingerprint density at radius 2 is 2.26 bits per heavy atom. The number of piperidine rings is 1. The summed E-state index contributed by atoms with van der Waals surface area (Å²) in [6.45, 7) is 6.08. The minimum Gasteiger partial charge on any atom is -0.424 e. The second kappa shape index (κ2) is 6.49. The molecule has 1 saturated heterocycles. The SMILES string of the molecule is Cc1nnc(CN2CCCC(NC(=O)c3cc(C)n(C)n3)C2)o1. The van der Waals surface area contributed by atoms with E-state index in [1.165, 1.54) is 0 Å². The standard InChI is InChI=1S/C15H22N6O2/c1-10-7-13(19-20(10)3)15(22)16-12-5-4-6-21(8-12)9-14-18-17-11(2)23-14/h7,12H,4-6,8-9H2,1-3H3,(H,16,22). The van der Waals surface area contributed by atoms with Crippen LogP contribution in [0.3, 0.4) is 0 Å². The fraction of sp³-hybridized carbons (Fsp3) is 0.600. The molecular formula is C15H22N6O2. The van der Waals surface area contributed by atoms with Crippen LogP contribution in [0.15, 0.2) is 10.5 Å². The molecule has 8 heteroatoms. The molecule has 2 aromatic heterocycles. The number of hydrogen-bond donors (Lipinski definition) is 1. The molecule has 8 nitrogen and oxygen atoms in total. The van der Waals surface area contributed by atoms with E-state index in [9.17, 15) is 4.79 Å². The van der Waals surface area contributed by atoms with Crippen LogP contribution in [0.25, 0.3) is 0 Å². The van der Waals surface area contributed by atoms with Crippen molar-refractivity contribution in [3.8, 4) is 0 Å². The molecule has 1 atom stereocenters. The van der Waals surface area contributed by atoms with Gasteiger partial charge in [-0.05, 0) is 32.4 Å². The summed E-state index contributed by atoms with van der Waals surface area (Å²) in [5.74, 6) is 1.08. The van der Waals surface area contributed by atoms with E-state index in [2.05, 4.69) is 25.5 Å². The van der Waals surface area contributed by atoms with Gasteiger partial charge < -0.3 is 9.73 Å². The van der Waals surface area contributed by atoms with Crippen molar-refractivity contribution in [3.05, 3.63) is 29.2 Å². The van der Waals surface area contributed by atoms with Gasteiger partial charge in [0.15, 0.2) is 0 Å². The monoisotopic (exact) mass is 318 g/mol. The van der Waals surface area contributed by atoms with Crippen molar-refractivity contribution in [1.29, 1.82) is 0 Å². The average Bonchev–Trinajstić information content (AvgIpc) is 3.06. The highest BCUT2D eigenvalue weighted by molar-refractivity contribution is 5.92. The van der Waals surface area contributed by atoms with E-state index in [0.29, 0.717) is 24.0 Å². The van der Waals surface area contributed by atoms with Crippen LogP contribution >= 0.6 is 0 Å². The average molecular weight is 318 g/mol. The summed E-state index contributed by atoms with van der Waals surface area (Å²) in [5.41, 5.74) is 1.43. The molecule has 0 saturated carbocycles. The van der Waals surface area contributed by atoms with Gasteiger partial charge >= 0.3 is 0 Å². The van der Waals surface area contributed by atoms with Crippen molar-refractivity contribution in [2.24, 2.45) is 7.05 Å². The molecule has 1 amide bonds. The molecule has 3 rings (SSSR count). The van der Waals surface area contributed by atoms with E-state index in [1.54, 1.807) is 17.7 Å². The van der Waals surface area contributed by atoms with Crippen molar-refractivity contribution in [1.82, 2.24) is 30.2 Å². The van der Waals surface area contributed by atoms with Gasteiger partial charge in [-0.1, -0.05) is 0 Å². The third-order valence-corrected chi connectivity index (χ3v) is 4.11. The van der Waals surface area contributed by atoms with Crippen molar-refractivity contribution in [2.45, 2.75) is 39.3 Å². The number of amides is 1. The lowest BCUT2D eigenvalue weighted by molar-refractivity contribution is 0.0891. The Morgan fingerprint density at radius 1 is 1.43 bits per heavy atom. The molecule has 1 unspecified atom stereocenters. The van der Waals surface area contributed by atoms with E-state index < -0.39 is 0 Å². The first kappa shape index (κ1) is 15.7. The topological polar surface area (TPSA) is 89.1 Å². The fourth-order valence-electron chi connectivity index (χ4n) is 2.84. The number of likely N-dealkylation sites (tertiary alicyclic amines) is 1. The Morgan fingerprint density at radius 3 is 2.91 bits per heavy atom. The van der Waals surface area contributed by atoms with E-state index >= 15 is 0 Å². The highest BCUT2D eigenvalue weighted by Gasteiger charge is 2.24. The van der Waals surface area contributed by atoms with Crippen LogP contribution in [-0.2, 0) is 13.6 Å². The zero-order valence-electron chi connectivity index (χ0n) is 13.7. The molecule has 124 valence electrons. The first-order valence-corrected chi connectivity index (χ1v) is 7.84. The number of aryl methyl sites for hydroxylation is 3. The molecule has 0 spiro atoms. The molecule has 0 aliphatic carbocycles. The van der Waals surface area contributed by atoms with Gasteiger partial charge in [0, 0.05) is 32.3 Å². The largest absolute Gasteiger partial charge is 0.424 e. The van der Waals surface area contributed by atoms with E-state index in [0.717, 1.165) is 31.6 Å². The lowest BCUT2D eigenvalue weighted by Crippen LogP contribution is -2.47. The summed E-state index contributed by atoms with van der Waals surface area (Å²) in [7, 11) is 1.83. The van der Waals surface area contributed by atoms with Crippen LogP contribution in [0, 0.1) is 13.8 Å². The van der Waals surface area contributed by atoms with Crippen molar-refractivity contribution in [3.63, 3.8) is 0 Å². The maximum absolute atomic E-state index is 12.3. The summed E-state index contributed by atoms with van der Waals surface area (Å²) >= 11 is 0. The van der Waals surface area contributed by atoms with Crippen molar-refractivity contribution < 1.29 is 9.21 Å². The van der Waals surface area contributed by atoms with Gasteiger partial charge in [-0.2, -0.15) is 5.10 Å². The van der Waals surface area contributed by atoms with Gasteiger partial charge in [0.2, 0.25) is 11.8 Å². The predicted molar refractivity (Wildman–Crippen MR) is 82.7 cm³/mol. The summed E-state index contributed by atoms with van der Waals surface area (Å²) < 4.78 is 7.13. The lowest BCUT2D eigenvalue weighted by Gasteiger charge is -2.32. The normalized spacial score (nSPS) is 19.0. The molecule has 3 heterocycles. The number of carbonyl (C=O) groups is 1. The second-order valence-electron chi connectivity index (χ2n) is 6.06. The van der Waals surface area contributed by atoms with Gasteiger partial charge in [-0.15, -0.1) is 10.2 Å². The van der Waals surface area contributed by atoms with Crippen LogP contribution in [0.5, 0.6) is 0 Å². The summed E-state index contributed by atoms with van der Waals surface area (Å²) in [6, 6.07) is 1.92. The third-order valence-electron chi connectivity index (χ3n) is 4.11. The van der Waals surface area contributed by atoms with E-state index in [-0.39, 0.29) is 11.9 Å². The Balaban J connectivity index is 1.56. The summed E-state index contributed by atoms with van der Waals surface area (Å²) in [4.78, 5) is 14.5.